The zero-order valence-corrected chi connectivity index (χ0v) is 9.53. The number of Topliss-reactive ketones (excluding diaryl/α,β-unsaturated/α-hetero) is 1. The smallest absolute Gasteiger partial charge is 0.305 e. The molecule has 0 atom stereocenters. The molecule has 0 saturated carbocycles. The van der Waals surface area contributed by atoms with Gasteiger partial charge >= 0.3 is 5.97 Å². The lowest BCUT2D eigenvalue weighted by Crippen LogP contribution is -2.25. The molecule has 2 N–H and O–H groups in total. The van der Waals surface area contributed by atoms with Gasteiger partial charge in [0.15, 0.2) is 0 Å². The lowest BCUT2D eigenvalue weighted by molar-refractivity contribution is -0.138. The molecule has 0 aliphatic carbocycles. The van der Waals surface area contributed by atoms with Gasteiger partial charge in [-0.25, -0.2) is 0 Å². The van der Waals surface area contributed by atoms with E-state index in [4.69, 9.17) is 14.6 Å². The monoisotopic (exact) mass is 233 g/mol. The van der Waals surface area contributed by atoms with Gasteiger partial charge in [0.2, 0.25) is 0 Å². The third kappa shape index (κ3) is 13.0. The summed E-state index contributed by atoms with van der Waals surface area (Å²) >= 11 is 0. The number of nitrogens with one attached hydrogen (secondary N) is 1. The zero-order chi connectivity index (χ0) is 12.2. The molecule has 0 aromatic rings. The summed E-state index contributed by atoms with van der Waals surface area (Å²) in [5, 5.41) is 11.2. The van der Waals surface area contributed by atoms with Crippen LogP contribution < -0.4 is 5.32 Å². The minimum atomic E-state index is -0.866. The van der Waals surface area contributed by atoms with Crippen LogP contribution in [0.25, 0.3) is 0 Å². The Bertz CT molecular complexity index is 185. The molecular weight excluding hydrogens is 214 g/mol. The molecule has 0 amide bonds. The number of hydrogen-bond acceptors (Lipinski definition) is 5. The van der Waals surface area contributed by atoms with Gasteiger partial charge in [0.05, 0.1) is 39.4 Å². The van der Waals surface area contributed by atoms with Crippen LogP contribution >= 0.6 is 0 Å². The third-order valence-corrected chi connectivity index (χ3v) is 1.63. The SMILES string of the molecule is CC(=O)CNCCOCCOCCC(=O)O. The Hall–Kier alpha value is -0.980. The van der Waals surface area contributed by atoms with Crippen molar-refractivity contribution < 1.29 is 24.2 Å². The molecule has 6 nitrogen and oxygen atoms in total. The van der Waals surface area contributed by atoms with Crippen molar-refractivity contribution in [2.45, 2.75) is 13.3 Å². The van der Waals surface area contributed by atoms with E-state index in [1.165, 1.54) is 6.92 Å². The Morgan fingerprint density at radius 2 is 1.75 bits per heavy atom. The van der Waals surface area contributed by atoms with Crippen LogP contribution in [-0.2, 0) is 19.1 Å². The minimum absolute atomic E-state index is 0.0141. The van der Waals surface area contributed by atoms with Gasteiger partial charge in [-0.3, -0.25) is 9.59 Å². The fourth-order valence-electron chi connectivity index (χ4n) is 0.890. The van der Waals surface area contributed by atoms with Crippen molar-refractivity contribution in [1.82, 2.24) is 5.32 Å². The predicted molar refractivity (Wildman–Crippen MR) is 57.4 cm³/mol. The highest BCUT2D eigenvalue weighted by Gasteiger charge is 1.96. The molecule has 6 heteroatoms. The van der Waals surface area contributed by atoms with Crippen molar-refractivity contribution in [1.29, 1.82) is 0 Å². The first-order valence-corrected chi connectivity index (χ1v) is 5.20. The van der Waals surface area contributed by atoms with E-state index in [2.05, 4.69) is 5.32 Å². The summed E-state index contributed by atoms with van der Waals surface area (Å²) in [6.45, 7) is 4.04. The van der Waals surface area contributed by atoms with Gasteiger partial charge in [-0.1, -0.05) is 0 Å². The summed E-state index contributed by atoms with van der Waals surface area (Å²) in [6.07, 6.45) is 0.0141. The van der Waals surface area contributed by atoms with Crippen LogP contribution in [0.4, 0.5) is 0 Å². The van der Waals surface area contributed by atoms with Gasteiger partial charge in [-0.05, 0) is 6.92 Å². The van der Waals surface area contributed by atoms with Crippen LogP contribution in [0.5, 0.6) is 0 Å². The average Bonchev–Trinajstić information content (AvgIpc) is 2.20. The van der Waals surface area contributed by atoms with Gasteiger partial charge in [-0.2, -0.15) is 0 Å². The molecular formula is C10H19NO5. The Balaban J connectivity index is 2.98. The van der Waals surface area contributed by atoms with Crippen LogP contribution in [0.2, 0.25) is 0 Å². The van der Waals surface area contributed by atoms with Crippen molar-refractivity contribution in [3.8, 4) is 0 Å². The highest BCUT2D eigenvalue weighted by molar-refractivity contribution is 5.77. The van der Waals surface area contributed by atoms with E-state index in [-0.39, 0.29) is 18.8 Å². The highest BCUT2D eigenvalue weighted by atomic mass is 16.5. The van der Waals surface area contributed by atoms with Crippen molar-refractivity contribution in [2.24, 2.45) is 0 Å². The third-order valence-electron chi connectivity index (χ3n) is 1.63. The van der Waals surface area contributed by atoms with E-state index >= 15 is 0 Å². The van der Waals surface area contributed by atoms with Crippen LogP contribution in [0.15, 0.2) is 0 Å². The lowest BCUT2D eigenvalue weighted by atomic mass is 10.4. The number of carboxylic acid groups (broad SMARTS) is 1. The molecule has 0 radical (unpaired) electrons. The van der Waals surface area contributed by atoms with Crippen molar-refractivity contribution in [2.75, 3.05) is 39.5 Å². The predicted octanol–water partition coefficient (Wildman–Crippen LogP) is -0.327. The van der Waals surface area contributed by atoms with Crippen LogP contribution in [0.3, 0.4) is 0 Å². The first-order valence-electron chi connectivity index (χ1n) is 5.20. The topological polar surface area (TPSA) is 84.9 Å². The van der Waals surface area contributed by atoms with Crippen LogP contribution in [0, 0.1) is 0 Å². The van der Waals surface area contributed by atoms with Gasteiger partial charge in [-0.15, -0.1) is 0 Å². The fraction of sp³-hybridized carbons (Fsp3) is 0.800. The molecule has 16 heavy (non-hydrogen) atoms. The van der Waals surface area contributed by atoms with Gasteiger partial charge in [0, 0.05) is 6.54 Å². The molecule has 0 aliphatic heterocycles. The summed E-state index contributed by atoms with van der Waals surface area (Å²) in [4.78, 5) is 20.6. The Kier molecular flexibility index (Phi) is 9.89. The fourth-order valence-corrected chi connectivity index (χ4v) is 0.890. The maximum absolute atomic E-state index is 10.5. The number of carbonyl (C=O) groups is 2. The largest absolute Gasteiger partial charge is 0.481 e. The van der Waals surface area contributed by atoms with Crippen LogP contribution in [-0.4, -0.2) is 56.4 Å². The molecule has 0 saturated heterocycles. The minimum Gasteiger partial charge on any atom is -0.481 e. The molecule has 0 aromatic carbocycles. The molecule has 0 rings (SSSR count). The van der Waals surface area contributed by atoms with Gasteiger partial charge in [0.25, 0.3) is 0 Å². The van der Waals surface area contributed by atoms with E-state index in [0.717, 1.165) is 0 Å². The van der Waals surface area contributed by atoms with Crippen molar-refractivity contribution in [3.05, 3.63) is 0 Å². The first kappa shape index (κ1) is 15.0. The summed E-state index contributed by atoms with van der Waals surface area (Å²) < 4.78 is 10.2. The Morgan fingerprint density at radius 1 is 1.12 bits per heavy atom. The number of hydrogen-bond donors (Lipinski definition) is 2. The molecule has 0 bridgehead atoms. The number of ether oxygens (including phenoxy) is 2. The van der Waals surface area contributed by atoms with Gasteiger partial charge in [0.1, 0.15) is 5.78 Å². The van der Waals surface area contributed by atoms with E-state index in [1.54, 1.807) is 0 Å². The Labute approximate surface area is 94.9 Å². The molecule has 0 heterocycles. The number of ketones is 1. The van der Waals surface area contributed by atoms with Crippen molar-refractivity contribution in [3.63, 3.8) is 0 Å². The standard InChI is InChI=1S/C10H19NO5/c1-9(12)8-11-3-5-16-7-6-15-4-2-10(13)14/h11H,2-8H2,1H3,(H,13,14). The number of carbonyl (C=O) groups excluding carboxylic acids is 1. The summed E-state index contributed by atoms with van der Waals surface area (Å²) in [5.74, 6) is -0.772. The van der Waals surface area contributed by atoms with E-state index < -0.39 is 5.97 Å². The normalized spacial score (nSPS) is 10.3. The second-order valence-electron chi connectivity index (χ2n) is 3.25. The number of aliphatic carboxylic acids is 1. The second-order valence-corrected chi connectivity index (χ2v) is 3.25. The Morgan fingerprint density at radius 3 is 2.31 bits per heavy atom. The van der Waals surface area contributed by atoms with E-state index in [9.17, 15) is 9.59 Å². The maximum Gasteiger partial charge on any atom is 0.305 e. The molecule has 0 spiro atoms. The maximum atomic E-state index is 10.5. The van der Waals surface area contributed by atoms with E-state index in [1.807, 2.05) is 0 Å². The van der Waals surface area contributed by atoms with Gasteiger partial charge < -0.3 is 19.9 Å². The highest BCUT2D eigenvalue weighted by Crippen LogP contribution is 1.83. The number of rotatable bonds is 11. The summed E-state index contributed by atoms with van der Waals surface area (Å²) in [6, 6.07) is 0. The van der Waals surface area contributed by atoms with Crippen LogP contribution in [0.1, 0.15) is 13.3 Å². The average molecular weight is 233 g/mol. The van der Waals surface area contributed by atoms with Crippen molar-refractivity contribution >= 4 is 11.8 Å². The summed E-state index contributed by atoms with van der Waals surface area (Å²) in [5.41, 5.74) is 0. The zero-order valence-electron chi connectivity index (χ0n) is 9.53. The summed E-state index contributed by atoms with van der Waals surface area (Å²) in [7, 11) is 0. The molecule has 94 valence electrons. The molecule has 0 aromatic heterocycles. The quantitative estimate of drug-likeness (QED) is 0.475. The first-order chi connectivity index (χ1) is 7.63. The second kappa shape index (κ2) is 10.5. The molecule has 0 fully saturated rings. The van der Waals surface area contributed by atoms with E-state index in [0.29, 0.717) is 32.9 Å². The lowest BCUT2D eigenvalue weighted by Gasteiger charge is -2.05. The number of carboxylic acids is 1. The molecule has 0 unspecified atom stereocenters. The molecule has 0 aliphatic rings.